The van der Waals surface area contributed by atoms with Crippen LogP contribution in [0, 0.1) is 0 Å². The van der Waals surface area contributed by atoms with Gasteiger partial charge in [0.1, 0.15) is 5.75 Å². The van der Waals surface area contributed by atoms with E-state index in [-0.39, 0.29) is 6.10 Å². The number of hydrogen-bond acceptors (Lipinski definition) is 3. The highest BCUT2D eigenvalue weighted by Gasteiger charge is 2.17. The van der Waals surface area contributed by atoms with E-state index in [4.69, 9.17) is 9.84 Å². The van der Waals surface area contributed by atoms with Crippen LogP contribution < -0.4 is 4.74 Å². The maximum atomic E-state index is 11.0. The molecule has 2 unspecified atom stereocenters. The first kappa shape index (κ1) is 15.5. The smallest absolute Gasteiger partial charge is 0.344 e. The van der Waals surface area contributed by atoms with E-state index in [1.807, 2.05) is 19.1 Å². The predicted octanol–water partition coefficient (Wildman–Crippen LogP) is 2.63. The van der Waals surface area contributed by atoms with Crippen LogP contribution in [0.2, 0.25) is 0 Å². The van der Waals surface area contributed by atoms with E-state index < -0.39 is 12.1 Å². The summed E-state index contributed by atoms with van der Waals surface area (Å²) in [4.78, 5) is 11.0. The molecule has 0 bridgehead atoms. The second kappa shape index (κ2) is 7.79. The molecule has 1 rings (SSSR count). The Morgan fingerprint density at radius 2 is 1.89 bits per heavy atom. The van der Waals surface area contributed by atoms with Gasteiger partial charge in [0.15, 0.2) is 6.10 Å². The van der Waals surface area contributed by atoms with Gasteiger partial charge in [-0.15, -0.1) is 0 Å². The summed E-state index contributed by atoms with van der Waals surface area (Å²) < 4.78 is 5.45. The van der Waals surface area contributed by atoms with Crippen LogP contribution in [0.15, 0.2) is 24.3 Å². The van der Waals surface area contributed by atoms with E-state index in [2.05, 4.69) is 0 Å². The van der Waals surface area contributed by atoms with Crippen LogP contribution in [-0.4, -0.2) is 28.4 Å². The maximum absolute atomic E-state index is 11.0. The average Bonchev–Trinajstić information content (AvgIpc) is 2.37. The number of rotatable bonds is 8. The van der Waals surface area contributed by atoms with Crippen molar-refractivity contribution in [2.24, 2.45) is 0 Å². The monoisotopic (exact) mass is 266 g/mol. The summed E-state index contributed by atoms with van der Waals surface area (Å²) in [5.74, 6) is -0.360. The zero-order chi connectivity index (χ0) is 14.3. The van der Waals surface area contributed by atoms with Gasteiger partial charge in [-0.1, -0.05) is 25.5 Å². The minimum atomic E-state index is -0.931. The lowest BCUT2D eigenvalue weighted by atomic mass is 10.1. The molecule has 4 nitrogen and oxygen atoms in total. The molecular weight excluding hydrogens is 244 g/mol. The van der Waals surface area contributed by atoms with Crippen molar-refractivity contribution in [1.29, 1.82) is 0 Å². The third kappa shape index (κ3) is 5.75. The van der Waals surface area contributed by atoms with Crippen LogP contribution in [-0.2, 0) is 11.2 Å². The van der Waals surface area contributed by atoms with Crippen LogP contribution in [0.25, 0.3) is 0 Å². The number of aliphatic hydroxyl groups is 1. The Kier molecular flexibility index (Phi) is 6.36. The number of hydrogen-bond donors (Lipinski definition) is 2. The van der Waals surface area contributed by atoms with Crippen molar-refractivity contribution in [3.05, 3.63) is 29.8 Å². The first-order chi connectivity index (χ1) is 9.02. The van der Waals surface area contributed by atoms with E-state index in [1.165, 1.54) is 0 Å². The zero-order valence-electron chi connectivity index (χ0n) is 11.5. The number of carboxylic acids is 1. The highest BCUT2D eigenvalue weighted by molar-refractivity contribution is 5.72. The summed E-state index contributed by atoms with van der Waals surface area (Å²) in [7, 11) is 0. The molecule has 106 valence electrons. The number of carboxylic acid groups (broad SMARTS) is 1. The molecule has 19 heavy (non-hydrogen) atoms. The Morgan fingerprint density at radius 3 is 2.37 bits per heavy atom. The predicted molar refractivity (Wildman–Crippen MR) is 73.4 cm³/mol. The SMILES string of the molecule is CCCC(Oc1ccc(CCC(C)O)cc1)C(=O)O. The summed E-state index contributed by atoms with van der Waals surface area (Å²) in [6, 6.07) is 7.37. The van der Waals surface area contributed by atoms with Crippen molar-refractivity contribution in [3.63, 3.8) is 0 Å². The lowest BCUT2D eigenvalue weighted by molar-refractivity contribution is -0.145. The van der Waals surface area contributed by atoms with Gasteiger partial charge in [-0.2, -0.15) is 0 Å². The largest absolute Gasteiger partial charge is 0.479 e. The van der Waals surface area contributed by atoms with Gasteiger partial charge in [-0.05, 0) is 43.9 Å². The fourth-order valence-corrected chi connectivity index (χ4v) is 1.77. The molecule has 2 N–H and O–H groups in total. The standard InChI is InChI=1S/C15H22O4/c1-3-4-14(15(17)18)19-13-9-7-12(8-10-13)6-5-11(2)16/h7-11,14,16H,3-6H2,1-2H3,(H,17,18). The molecule has 0 saturated heterocycles. The summed E-state index contributed by atoms with van der Waals surface area (Å²) in [6.45, 7) is 3.69. The van der Waals surface area contributed by atoms with Gasteiger partial charge in [0.05, 0.1) is 6.10 Å². The number of aliphatic hydroxyl groups excluding tert-OH is 1. The van der Waals surface area contributed by atoms with Gasteiger partial charge >= 0.3 is 5.97 Å². The van der Waals surface area contributed by atoms with Crippen molar-refractivity contribution in [2.75, 3.05) is 0 Å². The highest BCUT2D eigenvalue weighted by atomic mass is 16.5. The molecule has 0 spiro atoms. The van der Waals surface area contributed by atoms with Crippen LogP contribution >= 0.6 is 0 Å². The third-order valence-electron chi connectivity index (χ3n) is 2.88. The minimum Gasteiger partial charge on any atom is -0.479 e. The van der Waals surface area contributed by atoms with Crippen LogP contribution in [0.4, 0.5) is 0 Å². The minimum absolute atomic E-state index is 0.308. The van der Waals surface area contributed by atoms with E-state index in [0.717, 1.165) is 18.4 Å². The fourth-order valence-electron chi connectivity index (χ4n) is 1.77. The second-order valence-corrected chi connectivity index (χ2v) is 4.77. The van der Waals surface area contributed by atoms with Gasteiger partial charge in [-0.25, -0.2) is 4.79 Å². The molecule has 0 heterocycles. The molecular formula is C15H22O4. The molecule has 0 saturated carbocycles. The highest BCUT2D eigenvalue weighted by Crippen LogP contribution is 2.17. The van der Waals surface area contributed by atoms with Crippen molar-refractivity contribution in [3.8, 4) is 5.75 Å². The van der Waals surface area contributed by atoms with Crippen molar-refractivity contribution in [1.82, 2.24) is 0 Å². The molecule has 2 atom stereocenters. The van der Waals surface area contributed by atoms with E-state index in [1.54, 1.807) is 19.1 Å². The quantitative estimate of drug-likeness (QED) is 0.759. The molecule has 1 aromatic carbocycles. The third-order valence-corrected chi connectivity index (χ3v) is 2.88. The first-order valence-electron chi connectivity index (χ1n) is 6.69. The molecule has 0 aliphatic heterocycles. The fraction of sp³-hybridized carbons (Fsp3) is 0.533. The van der Waals surface area contributed by atoms with Gasteiger partial charge in [0, 0.05) is 0 Å². The average molecular weight is 266 g/mol. The Hall–Kier alpha value is -1.55. The summed E-state index contributed by atoms with van der Waals surface area (Å²) in [5.41, 5.74) is 1.11. The molecule has 0 radical (unpaired) electrons. The Labute approximate surface area is 114 Å². The number of carbonyl (C=O) groups is 1. The van der Waals surface area contributed by atoms with Gasteiger partial charge < -0.3 is 14.9 Å². The van der Waals surface area contributed by atoms with Crippen molar-refractivity contribution in [2.45, 2.75) is 51.7 Å². The second-order valence-electron chi connectivity index (χ2n) is 4.77. The normalized spacial score (nSPS) is 13.8. The molecule has 0 aliphatic carbocycles. The first-order valence-corrected chi connectivity index (χ1v) is 6.69. The molecule has 0 fully saturated rings. The molecule has 1 aromatic rings. The number of aliphatic carboxylic acids is 1. The van der Waals surface area contributed by atoms with Crippen molar-refractivity contribution >= 4 is 5.97 Å². The summed E-state index contributed by atoms with van der Waals surface area (Å²) in [5, 5.41) is 18.2. The van der Waals surface area contributed by atoms with Gasteiger partial charge in [-0.3, -0.25) is 0 Å². The number of benzene rings is 1. The summed E-state index contributed by atoms with van der Waals surface area (Å²) in [6.07, 6.45) is 1.69. The zero-order valence-corrected chi connectivity index (χ0v) is 11.5. The summed E-state index contributed by atoms with van der Waals surface area (Å²) >= 11 is 0. The Balaban J connectivity index is 2.57. The lowest BCUT2D eigenvalue weighted by Gasteiger charge is -2.14. The van der Waals surface area contributed by atoms with Crippen LogP contribution in [0.1, 0.15) is 38.7 Å². The van der Waals surface area contributed by atoms with E-state index in [9.17, 15) is 9.90 Å². The Morgan fingerprint density at radius 1 is 1.26 bits per heavy atom. The molecule has 0 aliphatic rings. The number of ether oxygens (including phenoxy) is 1. The Bertz CT molecular complexity index is 384. The number of aryl methyl sites for hydroxylation is 1. The van der Waals surface area contributed by atoms with E-state index >= 15 is 0 Å². The molecule has 4 heteroatoms. The maximum Gasteiger partial charge on any atom is 0.344 e. The van der Waals surface area contributed by atoms with Gasteiger partial charge in [0.25, 0.3) is 0 Å². The van der Waals surface area contributed by atoms with Gasteiger partial charge in [0.2, 0.25) is 0 Å². The van der Waals surface area contributed by atoms with Crippen molar-refractivity contribution < 1.29 is 19.7 Å². The molecule has 0 aromatic heterocycles. The van der Waals surface area contributed by atoms with Crippen LogP contribution in [0.3, 0.4) is 0 Å². The lowest BCUT2D eigenvalue weighted by Crippen LogP contribution is -2.26. The van der Waals surface area contributed by atoms with Crippen LogP contribution in [0.5, 0.6) is 5.75 Å². The molecule has 0 amide bonds. The topological polar surface area (TPSA) is 66.8 Å². The van der Waals surface area contributed by atoms with E-state index in [0.29, 0.717) is 18.6 Å².